The highest BCUT2D eigenvalue weighted by molar-refractivity contribution is 5.77. The fraction of sp³-hybridized carbons (Fsp3) is 0.559. The molecule has 2 amide bonds. The Morgan fingerprint density at radius 1 is 0.738 bits per heavy atom. The van der Waals surface area contributed by atoms with Crippen LogP contribution >= 0.6 is 0 Å². The number of ether oxygens (including phenoxy) is 2. The van der Waals surface area contributed by atoms with Crippen LogP contribution in [0.1, 0.15) is 106 Å². The predicted octanol–water partition coefficient (Wildman–Crippen LogP) is 6.91. The zero-order valence-electron chi connectivity index (χ0n) is 26.1. The Bertz CT molecular complexity index is 1180. The number of rotatable bonds is 4. The third-order valence-corrected chi connectivity index (χ3v) is 7.52. The second-order valence-electron chi connectivity index (χ2n) is 13.1. The summed E-state index contributed by atoms with van der Waals surface area (Å²) < 4.78 is 10.8. The molecule has 2 aliphatic rings. The van der Waals surface area contributed by atoms with Gasteiger partial charge in [0.1, 0.15) is 17.5 Å². The van der Waals surface area contributed by atoms with Gasteiger partial charge in [-0.3, -0.25) is 4.79 Å². The van der Waals surface area contributed by atoms with Gasteiger partial charge in [-0.1, -0.05) is 48.5 Å². The quantitative estimate of drug-likeness (QED) is 0.395. The molecule has 0 aromatic heterocycles. The highest BCUT2D eigenvalue weighted by Gasteiger charge is 2.29. The van der Waals surface area contributed by atoms with Crippen molar-refractivity contribution >= 4 is 18.5 Å². The highest BCUT2D eigenvalue weighted by atomic mass is 16.6. The van der Waals surface area contributed by atoms with Crippen LogP contribution in [0, 0.1) is 0 Å². The topological polar surface area (TPSA) is 96.4 Å². The molecule has 1 N–H and O–H groups in total. The summed E-state index contributed by atoms with van der Waals surface area (Å²) in [5, 5.41) is 9.43. The Hall–Kier alpha value is -3.39. The van der Waals surface area contributed by atoms with Crippen molar-refractivity contribution < 1.29 is 29.0 Å². The van der Waals surface area contributed by atoms with Crippen molar-refractivity contribution in [3.8, 4) is 0 Å². The van der Waals surface area contributed by atoms with Crippen molar-refractivity contribution in [2.24, 2.45) is 0 Å². The molecule has 2 aliphatic heterocycles. The molecule has 0 aliphatic carbocycles. The van der Waals surface area contributed by atoms with Crippen LogP contribution in [-0.4, -0.2) is 70.8 Å². The first-order chi connectivity index (χ1) is 19.8. The van der Waals surface area contributed by atoms with E-state index in [-0.39, 0.29) is 18.8 Å². The van der Waals surface area contributed by atoms with Crippen molar-refractivity contribution in [2.45, 2.75) is 96.9 Å². The molecule has 2 aromatic carbocycles. The van der Waals surface area contributed by atoms with Crippen LogP contribution in [0.2, 0.25) is 0 Å². The van der Waals surface area contributed by atoms with Gasteiger partial charge in [0.05, 0.1) is 6.61 Å². The van der Waals surface area contributed by atoms with Crippen molar-refractivity contribution in [1.82, 2.24) is 9.80 Å². The summed E-state index contributed by atoms with van der Waals surface area (Å²) in [6.45, 7) is 14.1. The molecule has 2 fully saturated rings. The van der Waals surface area contributed by atoms with Gasteiger partial charge in [-0.2, -0.15) is 0 Å². The summed E-state index contributed by atoms with van der Waals surface area (Å²) in [6.07, 6.45) is 4.00. The lowest BCUT2D eigenvalue weighted by Crippen LogP contribution is -2.41. The Balaban J connectivity index is 0.000000230. The average molecular weight is 581 g/mol. The first-order valence-corrected chi connectivity index (χ1v) is 15.0. The maximum atomic E-state index is 12.0. The minimum Gasteiger partial charge on any atom is -0.444 e. The van der Waals surface area contributed by atoms with Crippen LogP contribution in [0.25, 0.3) is 0 Å². The van der Waals surface area contributed by atoms with Crippen molar-refractivity contribution in [1.29, 1.82) is 0 Å². The van der Waals surface area contributed by atoms with Gasteiger partial charge >= 0.3 is 12.2 Å². The van der Waals surface area contributed by atoms with Crippen molar-refractivity contribution in [2.75, 3.05) is 26.2 Å². The maximum Gasteiger partial charge on any atom is 0.410 e. The highest BCUT2D eigenvalue weighted by Crippen LogP contribution is 2.32. The molecule has 8 heteroatoms. The zero-order valence-corrected chi connectivity index (χ0v) is 26.1. The van der Waals surface area contributed by atoms with Crippen molar-refractivity contribution in [3.05, 3.63) is 70.8 Å². The number of hydrogen-bond acceptors (Lipinski definition) is 6. The molecular formula is C34H48N2O6. The van der Waals surface area contributed by atoms with Crippen LogP contribution in [0.3, 0.4) is 0 Å². The van der Waals surface area contributed by atoms with Crippen LogP contribution in [-0.2, 0) is 16.1 Å². The second-order valence-corrected chi connectivity index (χ2v) is 13.1. The molecule has 230 valence electrons. The number of aldehydes is 1. The van der Waals surface area contributed by atoms with E-state index in [4.69, 9.17) is 9.47 Å². The van der Waals surface area contributed by atoms with E-state index in [1.54, 1.807) is 9.80 Å². The summed E-state index contributed by atoms with van der Waals surface area (Å²) in [5.74, 6) is 0.747. The minimum atomic E-state index is -0.460. The SMILES string of the molecule is CC(C)(C)OC(=O)N1CCC(c2ccccc2C=O)CC1.CC(C)(C)OC(=O)N1CCC(c2ccccc2CO)CC1. The number of nitrogens with zero attached hydrogens (tertiary/aromatic N) is 2. The number of carbonyl (C=O) groups is 3. The lowest BCUT2D eigenvalue weighted by atomic mass is 9.87. The second kappa shape index (κ2) is 14.7. The van der Waals surface area contributed by atoms with E-state index in [1.807, 2.05) is 84.0 Å². The van der Waals surface area contributed by atoms with E-state index >= 15 is 0 Å². The van der Waals surface area contributed by atoms with Gasteiger partial charge in [0, 0.05) is 31.7 Å². The average Bonchev–Trinajstić information content (AvgIpc) is 2.96. The van der Waals surface area contributed by atoms with Crippen LogP contribution < -0.4 is 0 Å². The number of benzene rings is 2. The largest absolute Gasteiger partial charge is 0.444 e. The first-order valence-electron chi connectivity index (χ1n) is 15.0. The van der Waals surface area contributed by atoms with Crippen LogP contribution in [0.4, 0.5) is 9.59 Å². The van der Waals surface area contributed by atoms with E-state index in [9.17, 15) is 19.5 Å². The molecule has 0 unspecified atom stereocenters. The summed E-state index contributed by atoms with van der Waals surface area (Å²) >= 11 is 0. The van der Waals surface area contributed by atoms with E-state index in [1.165, 1.54) is 5.56 Å². The smallest absolute Gasteiger partial charge is 0.410 e. The maximum absolute atomic E-state index is 12.0. The van der Waals surface area contributed by atoms with E-state index in [0.717, 1.165) is 48.7 Å². The van der Waals surface area contributed by atoms with E-state index in [2.05, 4.69) is 6.07 Å². The molecule has 0 radical (unpaired) electrons. The molecule has 2 saturated heterocycles. The fourth-order valence-corrected chi connectivity index (χ4v) is 5.47. The number of carbonyl (C=O) groups excluding carboxylic acids is 3. The van der Waals surface area contributed by atoms with Gasteiger partial charge < -0.3 is 24.4 Å². The monoisotopic (exact) mass is 580 g/mol. The van der Waals surface area contributed by atoms with E-state index in [0.29, 0.717) is 38.0 Å². The number of amides is 2. The Morgan fingerprint density at radius 2 is 1.14 bits per heavy atom. The minimum absolute atomic E-state index is 0.0719. The third kappa shape index (κ3) is 9.86. The standard InChI is InChI=1S/C17H25NO3.C17H23NO3/c2*1-17(2,3)21-16(20)18-10-8-13(9-11-18)15-7-5-4-6-14(15)12-19/h4-7,13,19H,8-12H2,1-3H3;4-7,12-13H,8-11H2,1-3H3. The first kappa shape index (κ1) is 33.1. The molecule has 8 nitrogen and oxygen atoms in total. The summed E-state index contributed by atoms with van der Waals surface area (Å²) in [7, 11) is 0. The lowest BCUT2D eigenvalue weighted by molar-refractivity contribution is 0.0194. The normalized spacial score (nSPS) is 16.7. The van der Waals surface area contributed by atoms with Crippen LogP contribution in [0.5, 0.6) is 0 Å². The molecular weight excluding hydrogens is 532 g/mol. The van der Waals surface area contributed by atoms with Gasteiger partial charge in [0.15, 0.2) is 0 Å². The number of likely N-dealkylation sites (tertiary alicyclic amines) is 2. The predicted molar refractivity (Wildman–Crippen MR) is 164 cm³/mol. The van der Waals surface area contributed by atoms with E-state index < -0.39 is 11.2 Å². The summed E-state index contributed by atoms with van der Waals surface area (Å²) in [4.78, 5) is 38.7. The number of aliphatic hydroxyl groups is 1. The fourth-order valence-electron chi connectivity index (χ4n) is 5.47. The molecule has 2 aromatic rings. The van der Waals surface area contributed by atoms with Gasteiger partial charge in [0.2, 0.25) is 0 Å². The molecule has 0 atom stereocenters. The molecule has 2 heterocycles. The molecule has 0 spiro atoms. The molecule has 0 bridgehead atoms. The van der Waals surface area contributed by atoms with Gasteiger partial charge in [-0.15, -0.1) is 0 Å². The Labute approximate surface area is 251 Å². The van der Waals surface area contributed by atoms with Gasteiger partial charge in [-0.05, 0) is 95.8 Å². The molecule has 0 saturated carbocycles. The zero-order chi connectivity index (χ0) is 30.9. The summed E-state index contributed by atoms with van der Waals surface area (Å²) in [5.41, 5.74) is 3.15. The Morgan fingerprint density at radius 3 is 1.57 bits per heavy atom. The number of piperidine rings is 2. The molecule has 42 heavy (non-hydrogen) atoms. The van der Waals surface area contributed by atoms with Crippen LogP contribution in [0.15, 0.2) is 48.5 Å². The summed E-state index contributed by atoms with van der Waals surface area (Å²) in [6, 6.07) is 15.7. The third-order valence-electron chi connectivity index (χ3n) is 7.52. The number of aliphatic hydroxyl groups excluding tert-OH is 1. The van der Waals surface area contributed by atoms with Gasteiger partial charge in [0.25, 0.3) is 0 Å². The van der Waals surface area contributed by atoms with Crippen molar-refractivity contribution in [3.63, 3.8) is 0 Å². The lowest BCUT2D eigenvalue weighted by Gasteiger charge is -2.34. The molecule has 4 rings (SSSR count). The number of hydrogen-bond donors (Lipinski definition) is 1. The van der Waals surface area contributed by atoms with Gasteiger partial charge in [-0.25, -0.2) is 9.59 Å². The Kier molecular flexibility index (Phi) is 11.6.